The summed E-state index contributed by atoms with van der Waals surface area (Å²) in [6.45, 7) is 0.564. The molecule has 0 aliphatic heterocycles. The van der Waals surface area contributed by atoms with E-state index in [9.17, 15) is 9.18 Å². The first-order chi connectivity index (χ1) is 9.59. The average Bonchev–Trinajstić information content (AvgIpc) is 3.11. The molecule has 0 saturated heterocycles. The molecule has 0 atom stereocenters. The number of benzene rings is 1. The van der Waals surface area contributed by atoms with Crippen LogP contribution in [0.5, 0.6) is 0 Å². The monoisotopic (exact) mass is 273 g/mol. The molecule has 1 aromatic carbocycles. The highest BCUT2D eigenvalue weighted by molar-refractivity contribution is 5.92. The molecular formula is C15H16FN3O. The molecule has 1 saturated carbocycles. The normalized spacial score (nSPS) is 15.9. The Balaban J connectivity index is 1.66. The van der Waals surface area contributed by atoms with Gasteiger partial charge in [0.25, 0.3) is 5.91 Å². The third-order valence-corrected chi connectivity index (χ3v) is 3.84. The maximum absolute atomic E-state index is 13.0. The lowest BCUT2D eigenvalue weighted by molar-refractivity contribution is 0.0944. The summed E-state index contributed by atoms with van der Waals surface area (Å²) in [6, 6.07) is 8.23. The Kier molecular flexibility index (Phi) is 3.04. The van der Waals surface area contributed by atoms with Crippen LogP contribution >= 0.6 is 0 Å². The van der Waals surface area contributed by atoms with E-state index in [1.165, 1.54) is 12.1 Å². The van der Waals surface area contributed by atoms with Crippen LogP contribution in [0, 0.1) is 5.82 Å². The Bertz CT molecular complexity index is 629. The average molecular weight is 273 g/mol. The standard InChI is InChI=1S/C15H16FN3O/c1-19-9-6-13(18-19)14(20)17-10-15(7-8-15)11-2-4-12(16)5-3-11/h2-6,9H,7-8,10H2,1H3,(H,17,20). The van der Waals surface area contributed by atoms with Crippen molar-refractivity contribution in [1.82, 2.24) is 15.1 Å². The second-order valence-electron chi connectivity index (χ2n) is 5.34. The fraction of sp³-hybridized carbons (Fsp3) is 0.333. The Morgan fingerprint density at radius 3 is 2.60 bits per heavy atom. The molecule has 0 unspecified atom stereocenters. The lowest BCUT2D eigenvalue weighted by atomic mass is 9.96. The SMILES string of the molecule is Cn1ccc(C(=O)NCC2(c3ccc(F)cc3)CC2)n1. The minimum absolute atomic E-state index is 0.0296. The molecule has 1 aliphatic carbocycles. The first-order valence-electron chi connectivity index (χ1n) is 6.63. The van der Waals surface area contributed by atoms with E-state index in [-0.39, 0.29) is 17.1 Å². The van der Waals surface area contributed by atoms with Crippen LogP contribution < -0.4 is 5.32 Å². The van der Waals surface area contributed by atoms with E-state index in [2.05, 4.69) is 10.4 Å². The van der Waals surface area contributed by atoms with Gasteiger partial charge in [0.2, 0.25) is 0 Å². The summed E-state index contributed by atoms with van der Waals surface area (Å²) in [5.74, 6) is -0.402. The van der Waals surface area contributed by atoms with Gasteiger partial charge in [-0.2, -0.15) is 5.10 Å². The number of nitrogens with zero attached hydrogens (tertiary/aromatic N) is 2. The largest absolute Gasteiger partial charge is 0.350 e. The van der Waals surface area contributed by atoms with E-state index in [0.717, 1.165) is 18.4 Å². The maximum Gasteiger partial charge on any atom is 0.271 e. The number of rotatable bonds is 4. The van der Waals surface area contributed by atoms with Gasteiger partial charge < -0.3 is 5.32 Å². The Morgan fingerprint density at radius 2 is 2.05 bits per heavy atom. The van der Waals surface area contributed by atoms with E-state index in [1.807, 2.05) is 0 Å². The van der Waals surface area contributed by atoms with Crippen molar-refractivity contribution >= 4 is 5.91 Å². The fourth-order valence-electron chi connectivity index (χ4n) is 2.40. The molecule has 1 aliphatic rings. The molecule has 1 aromatic heterocycles. The quantitative estimate of drug-likeness (QED) is 0.926. The van der Waals surface area contributed by atoms with Crippen LogP contribution in [-0.4, -0.2) is 22.2 Å². The highest BCUT2D eigenvalue weighted by Crippen LogP contribution is 2.47. The molecule has 3 rings (SSSR count). The number of halogens is 1. The van der Waals surface area contributed by atoms with Crippen molar-refractivity contribution < 1.29 is 9.18 Å². The van der Waals surface area contributed by atoms with Gasteiger partial charge in [0.15, 0.2) is 0 Å². The lowest BCUT2D eigenvalue weighted by Crippen LogP contribution is -2.32. The van der Waals surface area contributed by atoms with Gasteiger partial charge in [-0.3, -0.25) is 9.48 Å². The summed E-state index contributed by atoms with van der Waals surface area (Å²) in [6.07, 6.45) is 3.77. The third kappa shape index (κ3) is 2.43. The van der Waals surface area contributed by atoms with Gasteiger partial charge in [0.1, 0.15) is 11.5 Å². The van der Waals surface area contributed by atoms with Crippen LogP contribution in [-0.2, 0) is 12.5 Å². The molecule has 0 spiro atoms. The van der Waals surface area contributed by atoms with Crippen molar-refractivity contribution in [2.45, 2.75) is 18.3 Å². The summed E-state index contributed by atoms with van der Waals surface area (Å²) in [7, 11) is 1.78. The van der Waals surface area contributed by atoms with Crippen molar-refractivity contribution in [2.24, 2.45) is 7.05 Å². The molecular weight excluding hydrogens is 257 g/mol. The zero-order chi connectivity index (χ0) is 14.2. The summed E-state index contributed by atoms with van der Waals surface area (Å²) >= 11 is 0. The van der Waals surface area contributed by atoms with Crippen LogP contribution in [0.3, 0.4) is 0 Å². The molecule has 1 N–H and O–H groups in total. The first-order valence-corrected chi connectivity index (χ1v) is 6.63. The molecule has 20 heavy (non-hydrogen) atoms. The predicted octanol–water partition coefficient (Wildman–Crippen LogP) is 2.02. The zero-order valence-electron chi connectivity index (χ0n) is 11.3. The van der Waals surface area contributed by atoms with Gasteiger partial charge in [0.05, 0.1) is 0 Å². The van der Waals surface area contributed by atoms with Crippen molar-refractivity contribution in [3.8, 4) is 0 Å². The van der Waals surface area contributed by atoms with Gasteiger partial charge in [-0.1, -0.05) is 12.1 Å². The lowest BCUT2D eigenvalue weighted by Gasteiger charge is -2.16. The second-order valence-corrected chi connectivity index (χ2v) is 5.34. The van der Waals surface area contributed by atoms with Crippen molar-refractivity contribution in [1.29, 1.82) is 0 Å². The molecule has 104 valence electrons. The highest BCUT2D eigenvalue weighted by atomic mass is 19.1. The summed E-state index contributed by atoms with van der Waals surface area (Å²) in [4.78, 5) is 12.0. The van der Waals surface area contributed by atoms with Gasteiger partial charge in [-0.15, -0.1) is 0 Å². The fourth-order valence-corrected chi connectivity index (χ4v) is 2.40. The zero-order valence-corrected chi connectivity index (χ0v) is 11.3. The van der Waals surface area contributed by atoms with Crippen LogP contribution in [0.25, 0.3) is 0 Å². The molecule has 1 amide bonds. The number of aromatic nitrogens is 2. The summed E-state index contributed by atoms with van der Waals surface area (Å²) in [5, 5.41) is 6.99. The van der Waals surface area contributed by atoms with Crippen LogP contribution in [0.2, 0.25) is 0 Å². The van der Waals surface area contributed by atoms with E-state index in [4.69, 9.17) is 0 Å². The predicted molar refractivity (Wildman–Crippen MR) is 72.9 cm³/mol. The number of hydrogen-bond donors (Lipinski definition) is 1. The van der Waals surface area contributed by atoms with Gasteiger partial charge >= 0.3 is 0 Å². The smallest absolute Gasteiger partial charge is 0.271 e. The van der Waals surface area contributed by atoms with E-state index in [0.29, 0.717) is 12.2 Å². The molecule has 4 nitrogen and oxygen atoms in total. The Morgan fingerprint density at radius 1 is 1.35 bits per heavy atom. The summed E-state index contributed by atoms with van der Waals surface area (Å²) < 4.78 is 14.6. The number of carbonyl (C=O) groups excluding carboxylic acids is 1. The summed E-state index contributed by atoms with van der Waals surface area (Å²) in [5.41, 5.74) is 1.47. The number of amides is 1. The second kappa shape index (κ2) is 4.74. The topological polar surface area (TPSA) is 46.9 Å². The number of aryl methyl sites for hydroxylation is 1. The Hall–Kier alpha value is -2.17. The van der Waals surface area contributed by atoms with Gasteiger partial charge in [-0.25, -0.2) is 4.39 Å². The minimum atomic E-state index is -0.234. The molecule has 0 bridgehead atoms. The number of hydrogen-bond acceptors (Lipinski definition) is 2. The van der Waals surface area contributed by atoms with E-state index < -0.39 is 0 Å². The molecule has 2 aromatic rings. The van der Waals surface area contributed by atoms with Gasteiger partial charge in [-0.05, 0) is 36.6 Å². The maximum atomic E-state index is 13.0. The molecule has 0 radical (unpaired) electrons. The van der Waals surface area contributed by atoms with E-state index >= 15 is 0 Å². The highest BCUT2D eigenvalue weighted by Gasteiger charge is 2.44. The van der Waals surface area contributed by atoms with Crippen LogP contribution in [0.1, 0.15) is 28.9 Å². The minimum Gasteiger partial charge on any atom is -0.350 e. The molecule has 5 heteroatoms. The molecule has 1 heterocycles. The van der Waals surface area contributed by atoms with Crippen LogP contribution in [0.15, 0.2) is 36.5 Å². The van der Waals surface area contributed by atoms with Crippen molar-refractivity contribution in [3.05, 3.63) is 53.6 Å². The number of carbonyl (C=O) groups is 1. The van der Waals surface area contributed by atoms with Crippen molar-refractivity contribution in [2.75, 3.05) is 6.54 Å². The molecule has 1 fully saturated rings. The van der Waals surface area contributed by atoms with Crippen LogP contribution in [0.4, 0.5) is 4.39 Å². The van der Waals surface area contributed by atoms with Crippen molar-refractivity contribution in [3.63, 3.8) is 0 Å². The third-order valence-electron chi connectivity index (χ3n) is 3.84. The Labute approximate surface area is 116 Å². The first kappa shape index (κ1) is 12.8. The van der Waals surface area contributed by atoms with Gasteiger partial charge in [0, 0.05) is 25.2 Å². The number of nitrogens with one attached hydrogen (secondary N) is 1. The van der Waals surface area contributed by atoms with E-state index in [1.54, 1.807) is 36.1 Å².